The lowest BCUT2D eigenvalue weighted by Crippen LogP contribution is -2.11. The first-order valence-electron chi connectivity index (χ1n) is 4.51. The summed E-state index contributed by atoms with van der Waals surface area (Å²) < 4.78 is 23.3. The number of aromatic nitrogens is 1. The highest BCUT2D eigenvalue weighted by molar-refractivity contribution is 7.91. The van der Waals surface area contributed by atoms with Crippen LogP contribution in [0.2, 0.25) is 0 Å². The lowest BCUT2D eigenvalue weighted by atomic mass is 10.4. The Morgan fingerprint density at radius 3 is 2.79 bits per heavy atom. The van der Waals surface area contributed by atoms with E-state index >= 15 is 0 Å². The second kappa shape index (κ2) is 4.41. The van der Waals surface area contributed by atoms with Crippen LogP contribution in [-0.2, 0) is 9.84 Å². The van der Waals surface area contributed by atoms with Crippen LogP contribution < -0.4 is 5.73 Å². The van der Waals surface area contributed by atoms with Crippen LogP contribution in [0.25, 0.3) is 0 Å². The van der Waals surface area contributed by atoms with E-state index in [9.17, 15) is 8.42 Å². The van der Waals surface area contributed by atoms with Crippen LogP contribution in [0.4, 0.5) is 5.69 Å². The molecule has 4 nitrogen and oxygen atoms in total. The summed E-state index contributed by atoms with van der Waals surface area (Å²) in [6.07, 6.45) is 2.92. The average molecular weight is 214 g/mol. The van der Waals surface area contributed by atoms with Gasteiger partial charge in [0.1, 0.15) is 0 Å². The predicted octanol–water partition coefficient (Wildman–Crippen LogP) is 1.24. The molecular formula is C9H14N2O2S. The van der Waals surface area contributed by atoms with Crippen molar-refractivity contribution in [1.29, 1.82) is 0 Å². The van der Waals surface area contributed by atoms with Crippen LogP contribution in [0.5, 0.6) is 0 Å². The zero-order valence-electron chi connectivity index (χ0n) is 8.10. The van der Waals surface area contributed by atoms with Crippen LogP contribution in [-0.4, -0.2) is 19.2 Å². The summed E-state index contributed by atoms with van der Waals surface area (Å²) in [5, 5.41) is 0.00782. The molecule has 0 atom stereocenters. The first-order chi connectivity index (χ1) is 6.58. The van der Waals surface area contributed by atoms with Gasteiger partial charge in [0.25, 0.3) is 0 Å². The summed E-state index contributed by atoms with van der Waals surface area (Å²) in [5.74, 6) is 0.116. The number of nitrogens with two attached hydrogens (primary N) is 1. The summed E-state index contributed by atoms with van der Waals surface area (Å²) in [6, 6.07) is 3.17. The monoisotopic (exact) mass is 214 g/mol. The lowest BCUT2D eigenvalue weighted by molar-refractivity contribution is 0.589. The Labute approximate surface area is 84.1 Å². The van der Waals surface area contributed by atoms with E-state index in [0.717, 1.165) is 6.42 Å². The van der Waals surface area contributed by atoms with Gasteiger partial charge in [-0.15, -0.1) is 0 Å². The molecule has 0 bridgehead atoms. The number of nitrogen functional groups attached to an aromatic ring is 1. The molecule has 0 aliphatic heterocycles. The van der Waals surface area contributed by atoms with Gasteiger partial charge in [-0.2, -0.15) is 0 Å². The second-order valence-corrected chi connectivity index (χ2v) is 5.09. The molecular weight excluding hydrogens is 200 g/mol. The third-order valence-corrected chi connectivity index (χ3v) is 3.62. The third-order valence-electron chi connectivity index (χ3n) is 1.86. The molecule has 14 heavy (non-hydrogen) atoms. The van der Waals surface area contributed by atoms with Gasteiger partial charge in [-0.3, -0.25) is 0 Å². The molecule has 78 valence electrons. The largest absolute Gasteiger partial charge is 0.396 e. The quantitative estimate of drug-likeness (QED) is 0.818. The number of rotatable bonds is 4. The zero-order chi connectivity index (χ0) is 10.6. The summed E-state index contributed by atoms with van der Waals surface area (Å²) in [7, 11) is -3.29. The Bertz CT molecular complexity index is 401. The van der Waals surface area contributed by atoms with Gasteiger partial charge in [0.15, 0.2) is 14.9 Å². The lowest BCUT2D eigenvalue weighted by Gasteiger charge is -2.04. The summed E-state index contributed by atoms with van der Waals surface area (Å²) in [4.78, 5) is 3.79. The van der Waals surface area contributed by atoms with Crippen molar-refractivity contribution < 1.29 is 8.42 Å². The van der Waals surface area contributed by atoms with Crippen LogP contribution in [0.15, 0.2) is 23.4 Å². The fraction of sp³-hybridized carbons (Fsp3) is 0.444. The first-order valence-corrected chi connectivity index (χ1v) is 6.16. The van der Waals surface area contributed by atoms with Crippen molar-refractivity contribution in [2.75, 3.05) is 11.5 Å². The maximum Gasteiger partial charge on any atom is 0.197 e. The zero-order valence-corrected chi connectivity index (χ0v) is 8.92. The molecule has 0 aliphatic carbocycles. The van der Waals surface area contributed by atoms with Crippen LogP contribution in [0, 0.1) is 0 Å². The van der Waals surface area contributed by atoms with E-state index < -0.39 is 9.84 Å². The fourth-order valence-corrected chi connectivity index (χ4v) is 2.60. The highest BCUT2D eigenvalue weighted by Crippen LogP contribution is 2.16. The van der Waals surface area contributed by atoms with Crippen molar-refractivity contribution in [2.45, 2.75) is 24.8 Å². The fourth-order valence-electron chi connectivity index (χ4n) is 1.09. The Morgan fingerprint density at radius 1 is 1.50 bits per heavy atom. The van der Waals surface area contributed by atoms with E-state index in [2.05, 4.69) is 4.98 Å². The maximum absolute atomic E-state index is 11.7. The molecule has 1 aromatic rings. The normalized spacial score (nSPS) is 11.5. The molecule has 0 unspecified atom stereocenters. The summed E-state index contributed by atoms with van der Waals surface area (Å²) in [5.41, 5.74) is 5.76. The molecule has 0 aliphatic rings. The number of sulfone groups is 1. The standard InChI is InChI=1S/C9H14N2O2S/c1-2-3-7-14(12,13)9-8(10)5-4-6-11-9/h4-6H,2-3,7,10H2,1H3. The summed E-state index contributed by atoms with van der Waals surface area (Å²) in [6.45, 7) is 1.94. The number of nitrogens with zero attached hydrogens (tertiary/aromatic N) is 1. The van der Waals surface area contributed by atoms with Crippen LogP contribution in [0.1, 0.15) is 19.8 Å². The Kier molecular flexibility index (Phi) is 3.46. The van der Waals surface area contributed by atoms with Crippen molar-refractivity contribution in [3.8, 4) is 0 Å². The number of unbranched alkanes of at least 4 members (excludes halogenated alkanes) is 1. The number of anilines is 1. The van der Waals surface area contributed by atoms with Crippen molar-refractivity contribution in [3.63, 3.8) is 0 Å². The Hall–Kier alpha value is -1.10. The van der Waals surface area contributed by atoms with E-state index in [1.54, 1.807) is 12.1 Å². The maximum atomic E-state index is 11.7. The topological polar surface area (TPSA) is 73.0 Å². The molecule has 1 heterocycles. The highest BCUT2D eigenvalue weighted by atomic mass is 32.2. The summed E-state index contributed by atoms with van der Waals surface area (Å²) >= 11 is 0. The number of pyridine rings is 1. The minimum atomic E-state index is -3.29. The molecule has 0 radical (unpaired) electrons. The van der Waals surface area contributed by atoms with Gasteiger partial charge in [-0.25, -0.2) is 13.4 Å². The van der Waals surface area contributed by atoms with Crippen molar-refractivity contribution in [1.82, 2.24) is 4.98 Å². The molecule has 5 heteroatoms. The van der Waals surface area contributed by atoms with Crippen molar-refractivity contribution in [2.24, 2.45) is 0 Å². The van der Waals surface area contributed by atoms with Gasteiger partial charge >= 0.3 is 0 Å². The van der Waals surface area contributed by atoms with E-state index in [4.69, 9.17) is 5.73 Å². The Morgan fingerprint density at radius 2 is 2.21 bits per heavy atom. The van der Waals surface area contributed by atoms with E-state index in [0.29, 0.717) is 6.42 Å². The van der Waals surface area contributed by atoms with Crippen LogP contribution >= 0.6 is 0 Å². The van der Waals surface area contributed by atoms with E-state index in [1.807, 2.05) is 6.92 Å². The molecule has 0 saturated heterocycles. The predicted molar refractivity (Wildman–Crippen MR) is 55.6 cm³/mol. The van der Waals surface area contributed by atoms with Gasteiger partial charge in [0.2, 0.25) is 0 Å². The van der Waals surface area contributed by atoms with Gasteiger partial charge in [0.05, 0.1) is 11.4 Å². The molecule has 1 rings (SSSR count). The first kappa shape index (κ1) is 11.0. The molecule has 0 saturated carbocycles. The molecule has 0 amide bonds. The molecule has 2 N–H and O–H groups in total. The smallest absolute Gasteiger partial charge is 0.197 e. The molecule has 0 spiro atoms. The molecule has 0 aromatic carbocycles. The Balaban J connectivity index is 2.99. The third kappa shape index (κ3) is 2.45. The van der Waals surface area contributed by atoms with Gasteiger partial charge in [0, 0.05) is 6.20 Å². The van der Waals surface area contributed by atoms with E-state index in [1.165, 1.54) is 6.20 Å². The van der Waals surface area contributed by atoms with Gasteiger partial charge < -0.3 is 5.73 Å². The van der Waals surface area contributed by atoms with Crippen molar-refractivity contribution in [3.05, 3.63) is 18.3 Å². The van der Waals surface area contributed by atoms with Crippen LogP contribution in [0.3, 0.4) is 0 Å². The average Bonchev–Trinajstić information content (AvgIpc) is 2.15. The second-order valence-electron chi connectivity index (χ2n) is 3.07. The minimum absolute atomic E-state index is 0.00782. The highest BCUT2D eigenvalue weighted by Gasteiger charge is 2.17. The molecule has 0 fully saturated rings. The molecule has 1 aromatic heterocycles. The van der Waals surface area contributed by atoms with Gasteiger partial charge in [-0.05, 0) is 18.6 Å². The number of hydrogen-bond donors (Lipinski definition) is 1. The number of hydrogen-bond acceptors (Lipinski definition) is 4. The van der Waals surface area contributed by atoms with Gasteiger partial charge in [-0.1, -0.05) is 13.3 Å². The van der Waals surface area contributed by atoms with Crippen molar-refractivity contribution >= 4 is 15.5 Å². The SMILES string of the molecule is CCCCS(=O)(=O)c1ncccc1N. The minimum Gasteiger partial charge on any atom is -0.396 e. The van der Waals surface area contributed by atoms with E-state index in [-0.39, 0.29) is 16.5 Å².